The maximum absolute atomic E-state index is 5.33. The largest absolute Gasteiger partial charge is 0.297 e. The molecule has 16 heavy (non-hydrogen) atoms. The van der Waals surface area contributed by atoms with Crippen LogP contribution in [0.2, 0.25) is 0 Å². The molecule has 0 aliphatic carbocycles. The van der Waals surface area contributed by atoms with E-state index in [2.05, 4.69) is 34.9 Å². The highest BCUT2D eigenvalue weighted by molar-refractivity contribution is 9.10. The molecule has 2 aromatic rings. The summed E-state index contributed by atoms with van der Waals surface area (Å²) in [7, 11) is 0. The van der Waals surface area contributed by atoms with Gasteiger partial charge in [0.1, 0.15) is 4.64 Å². The fourth-order valence-electron chi connectivity index (χ4n) is 1.52. The van der Waals surface area contributed by atoms with Crippen molar-refractivity contribution in [1.29, 1.82) is 0 Å². The Labute approximate surface area is 108 Å². The molecule has 0 aliphatic rings. The average molecular weight is 297 g/mol. The zero-order valence-corrected chi connectivity index (χ0v) is 11.6. The number of H-pyrrole nitrogens is 1. The van der Waals surface area contributed by atoms with E-state index in [1.165, 1.54) is 0 Å². The summed E-state index contributed by atoms with van der Waals surface area (Å²) in [5.74, 6) is 0.454. The highest BCUT2D eigenvalue weighted by atomic mass is 79.9. The van der Waals surface area contributed by atoms with Crippen molar-refractivity contribution in [2.45, 2.75) is 19.8 Å². The standard InChI is InChI=1S/C12H13BrN2S/c1-8(2)11-7-12(16)15(14-11)10-5-3-4-9(13)6-10/h3-8,14H,1-2H3. The van der Waals surface area contributed by atoms with Crippen LogP contribution in [0.25, 0.3) is 5.69 Å². The van der Waals surface area contributed by atoms with E-state index in [1.807, 2.05) is 35.0 Å². The zero-order valence-electron chi connectivity index (χ0n) is 9.20. The van der Waals surface area contributed by atoms with Crippen molar-refractivity contribution >= 4 is 28.1 Å². The molecular weight excluding hydrogens is 284 g/mol. The molecule has 1 aromatic heterocycles. The van der Waals surface area contributed by atoms with Crippen LogP contribution >= 0.6 is 28.1 Å². The van der Waals surface area contributed by atoms with Crippen LogP contribution in [0.3, 0.4) is 0 Å². The molecule has 0 saturated carbocycles. The summed E-state index contributed by atoms with van der Waals surface area (Å²) in [6, 6.07) is 10.1. The Bertz CT molecular complexity index is 554. The van der Waals surface area contributed by atoms with Crippen molar-refractivity contribution in [3.05, 3.63) is 45.1 Å². The Morgan fingerprint density at radius 2 is 2.06 bits per heavy atom. The van der Waals surface area contributed by atoms with Crippen molar-refractivity contribution < 1.29 is 0 Å². The van der Waals surface area contributed by atoms with Crippen molar-refractivity contribution in [1.82, 2.24) is 9.78 Å². The topological polar surface area (TPSA) is 20.7 Å². The number of nitrogens with one attached hydrogen (secondary N) is 1. The van der Waals surface area contributed by atoms with Crippen LogP contribution < -0.4 is 0 Å². The van der Waals surface area contributed by atoms with Gasteiger partial charge in [-0.25, -0.2) is 4.68 Å². The van der Waals surface area contributed by atoms with Crippen molar-refractivity contribution in [2.75, 3.05) is 0 Å². The lowest BCUT2D eigenvalue weighted by molar-refractivity contribution is 0.765. The maximum Gasteiger partial charge on any atom is 0.127 e. The van der Waals surface area contributed by atoms with Gasteiger partial charge in [-0.05, 0) is 30.2 Å². The average Bonchev–Trinajstić information content (AvgIpc) is 2.60. The van der Waals surface area contributed by atoms with E-state index in [4.69, 9.17) is 12.2 Å². The highest BCUT2D eigenvalue weighted by Gasteiger charge is 2.05. The van der Waals surface area contributed by atoms with Gasteiger partial charge in [-0.1, -0.05) is 48.1 Å². The van der Waals surface area contributed by atoms with Crippen molar-refractivity contribution in [3.63, 3.8) is 0 Å². The summed E-state index contributed by atoms with van der Waals surface area (Å²) in [5.41, 5.74) is 2.20. The quantitative estimate of drug-likeness (QED) is 0.814. The molecule has 1 N–H and O–H groups in total. The molecule has 4 heteroatoms. The van der Waals surface area contributed by atoms with Gasteiger partial charge in [-0.15, -0.1) is 0 Å². The fraction of sp³-hybridized carbons (Fsp3) is 0.250. The third kappa shape index (κ3) is 2.28. The van der Waals surface area contributed by atoms with Gasteiger partial charge in [0.15, 0.2) is 0 Å². The van der Waals surface area contributed by atoms with Gasteiger partial charge in [0.25, 0.3) is 0 Å². The number of benzene rings is 1. The summed E-state index contributed by atoms with van der Waals surface area (Å²) >= 11 is 8.79. The van der Waals surface area contributed by atoms with Crippen LogP contribution in [0.5, 0.6) is 0 Å². The number of aromatic nitrogens is 2. The molecule has 0 amide bonds. The minimum Gasteiger partial charge on any atom is -0.297 e. The Morgan fingerprint density at radius 3 is 2.62 bits per heavy atom. The summed E-state index contributed by atoms with van der Waals surface area (Å²) < 4.78 is 3.78. The fourth-order valence-corrected chi connectivity index (χ4v) is 2.18. The van der Waals surface area contributed by atoms with E-state index in [1.54, 1.807) is 0 Å². The van der Waals surface area contributed by atoms with E-state index in [0.717, 1.165) is 20.5 Å². The third-order valence-electron chi connectivity index (χ3n) is 2.43. The van der Waals surface area contributed by atoms with Crippen molar-refractivity contribution in [3.8, 4) is 5.69 Å². The minimum absolute atomic E-state index is 0.454. The first-order chi connectivity index (χ1) is 7.58. The Kier molecular flexibility index (Phi) is 3.30. The second-order valence-corrected chi connectivity index (χ2v) is 5.35. The van der Waals surface area contributed by atoms with E-state index in [0.29, 0.717) is 5.92 Å². The maximum atomic E-state index is 5.33. The van der Waals surface area contributed by atoms with E-state index in [9.17, 15) is 0 Å². The predicted molar refractivity (Wildman–Crippen MR) is 72.7 cm³/mol. The van der Waals surface area contributed by atoms with Crippen LogP contribution in [-0.4, -0.2) is 9.78 Å². The molecule has 0 fully saturated rings. The van der Waals surface area contributed by atoms with Crippen LogP contribution in [0.4, 0.5) is 0 Å². The highest BCUT2D eigenvalue weighted by Crippen LogP contribution is 2.18. The van der Waals surface area contributed by atoms with Gasteiger partial charge in [0.2, 0.25) is 0 Å². The number of rotatable bonds is 2. The molecule has 0 radical (unpaired) electrons. The lowest BCUT2D eigenvalue weighted by Crippen LogP contribution is -1.98. The second kappa shape index (κ2) is 4.55. The molecule has 84 valence electrons. The van der Waals surface area contributed by atoms with Gasteiger partial charge < -0.3 is 0 Å². The Balaban J connectivity index is 2.52. The monoisotopic (exact) mass is 296 g/mol. The van der Waals surface area contributed by atoms with Crippen molar-refractivity contribution in [2.24, 2.45) is 0 Å². The van der Waals surface area contributed by atoms with Crippen LogP contribution in [0, 0.1) is 4.64 Å². The summed E-state index contributed by atoms with van der Waals surface area (Å²) in [5, 5.41) is 3.32. The molecule has 0 unspecified atom stereocenters. The lowest BCUT2D eigenvalue weighted by Gasteiger charge is -2.04. The number of nitrogens with zero attached hydrogens (tertiary/aromatic N) is 1. The SMILES string of the molecule is CC(C)c1cc(=S)n(-c2cccc(Br)c2)[nH]1. The molecule has 0 bridgehead atoms. The molecular formula is C12H13BrN2S. The molecule has 2 nitrogen and oxygen atoms in total. The summed E-state index contributed by atoms with van der Waals surface area (Å²) in [4.78, 5) is 0. The minimum atomic E-state index is 0.454. The lowest BCUT2D eigenvalue weighted by atomic mass is 10.1. The molecule has 1 heterocycles. The molecule has 1 aromatic carbocycles. The third-order valence-corrected chi connectivity index (χ3v) is 3.22. The van der Waals surface area contributed by atoms with Gasteiger partial charge in [0.05, 0.1) is 5.69 Å². The predicted octanol–water partition coefficient (Wildman–Crippen LogP) is 4.42. The summed E-state index contributed by atoms with van der Waals surface area (Å²) in [6.07, 6.45) is 0. The van der Waals surface area contributed by atoms with E-state index in [-0.39, 0.29) is 0 Å². The van der Waals surface area contributed by atoms with Crippen LogP contribution in [-0.2, 0) is 0 Å². The molecule has 0 saturated heterocycles. The smallest absolute Gasteiger partial charge is 0.127 e. The first-order valence-electron chi connectivity index (χ1n) is 5.16. The molecule has 0 atom stereocenters. The molecule has 2 rings (SSSR count). The van der Waals surface area contributed by atoms with Gasteiger partial charge >= 0.3 is 0 Å². The normalized spacial score (nSPS) is 11.0. The first-order valence-corrected chi connectivity index (χ1v) is 6.36. The second-order valence-electron chi connectivity index (χ2n) is 4.02. The number of hydrogen-bond acceptors (Lipinski definition) is 1. The van der Waals surface area contributed by atoms with Gasteiger partial charge in [-0.3, -0.25) is 5.10 Å². The molecule has 0 aliphatic heterocycles. The number of hydrogen-bond donors (Lipinski definition) is 1. The van der Waals surface area contributed by atoms with Gasteiger partial charge in [-0.2, -0.15) is 0 Å². The first kappa shape index (κ1) is 11.6. The van der Waals surface area contributed by atoms with E-state index < -0.39 is 0 Å². The Morgan fingerprint density at radius 1 is 1.31 bits per heavy atom. The number of aromatic amines is 1. The van der Waals surface area contributed by atoms with E-state index >= 15 is 0 Å². The van der Waals surface area contributed by atoms with Crippen LogP contribution in [0.1, 0.15) is 25.5 Å². The number of halogens is 1. The van der Waals surface area contributed by atoms with Crippen LogP contribution in [0.15, 0.2) is 34.8 Å². The zero-order chi connectivity index (χ0) is 11.7. The Hall–Kier alpha value is -0.870. The van der Waals surface area contributed by atoms with Gasteiger partial charge in [0, 0.05) is 10.2 Å². The summed E-state index contributed by atoms with van der Waals surface area (Å²) in [6.45, 7) is 4.29. The molecule has 0 spiro atoms.